The fourth-order valence-corrected chi connectivity index (χ4v) is 7.84. The van der Waals surface area contributed by atoms with Gasteiger partial charge in [-0.25, -0.2) is 0 Å². The molecule has 1 N–H and O–H groups in total. The van der Waals surface area contributed by atoms with Crippen LogP contribution in [0.3, 0.4) is 0 Å². The zero-order chi connectivity index (χ0) is 38.0. The maximum absolute atomic E-state index is 10.3. The normalized spacial score (nSPS) is 17.1. The summed E-state index contributed by atoms with van der Waals surface area (Å²) < 4.78 is 25.2. The number of rotatable bonds is 3. The minimum atomic E-state index is -2.24. The van der Waals surface area contributed by atoms with Crippen LogP contribution in [0.4, 0.5) is 11.4 Å². The van der Waals surface area contributed by atoms with Crippen LogP contribution in [0.2, 0.25) is 0 Å². The SMILES string of the molecule is CN1B(c2c(-c3ccccc3)cccc2-c2ccccc2)n2ccnc2-c2[c-]cccc21.[2H]C([2H])([2H])N1C=C2N([CH-]1)c1c(O)cccc1C(C)(C)C2(C)C.[Ir]. The summed E-state index contributed by atoms with van der Waals surface area (Å²) in [5, 5.41) is 10.3. The maximum atomic E-state index is 10.3. The average Bonchev–Trinajstić information content (AvgIpc) is 3.85. The van der Waals surface area contributed by atoms with Crippen molar-refractivity contribution < 1.29 is 29.3 Å². The molecule has 5 aromatic carbocycles. The quantitative estimate of drug-likeness (QED) is 0.143. The third kappa shape index (κ3) is 5.57. The molecule has 52 heavy (non-hydrogen) atoms. The standard InChI is InChI=1S/C28H21BN3.C16H21N2O.Ir/c1-31-26-18-9-8-15-25(26)28-30-19-20-32(28)29(31)27-23(21-11-4-2-5-12-21)16-10-17-24(27)22-13-6-3-7-14-22;1-15(2)11-7-6-8-12(19)14(11)18-10-17(5)9-13(18)16(15,3)4;/h2-14,16-20H,1H3;6-10,19H,1-5H3;/q2*-1;/i;5D3;. The summed E-state index contributed by atoms with van der Waals surface area (Å²) >= 11 is 0. The molecule has 0 fully saturated rings. The van der Waals surface area contributed by atoms with Gasteiger partial charge in [-0.05, 0) is 59.6 Å². The van der Waals surface area contributed by atoms with Gasteiger partial charge in [-0.1, -0.05) is 130 Å². The van der Waals surface area contributed by atoms with Gasteiger partial charge in [0, 0.05) is 59.0 Å². The smallest absolute Gasteiger partial charge is 0.400 e. The van der Waals surface area contributed by atoms with Crippen molar-refractivity contribution in [2.45, 2.75) is 33.1 Å². The van der Waals surface area contributed by atoms with Crippen molar-refractivity contribution in [2.24, 2.45) is 5.41 Å². The molecule has 0 aliphatic carbocycles. The predicted molar refractivity (Wildman–Crippen MR) is 211 cm³/mol. The minimum Gasteiger partial charge on any atom is -0.510 e. The van der Waals surface area contributed by atoms with Gasteiger partial charge in [-0.2, -0.15) is 6.67 Å². The van der Waals surface area contributed by atoms with Crippen LogP contribution in [0, 0.1) is 18.2 Å². The van der Waals surface area contributed by atoms with Gasteiger partial charge in [0.05, 0.1) is 5.69 Å². The Morgan fingerprint density at radius 1 is 0.808 bits per heavy atom. The summed E-state index contributed by atoms with van der Waals surface area (Å²) in [5.41, 5.74) is 10.3. The second-order valence-corrected chi connectivity index (χ2v) is 14.4. The number of fused-ring (bicyclic) bond motifs is 6. The topological polar surface area (TPSA) is 47.8 Å². The Balaban J connectivity index is 0.000000178. The van der Waals surface area contributed by atoms with Gasteiger partial charge in [0.15, 0.2) is 0 Å². The number of aromatic nitrogens is 2. The number of benzene rings is 5. The molecule has 3 aliphatic rings. The molecule has 1 aromatic heterocycles. The molecule has 9 rings (SSSR count). The van der Waals surface area contributed by atoms with E-state index in [0.717, 1.165) is 28.3 Å². The Kier molecular flexibility index (Phi) is 8.23. The Morgan fingerprint density at radius 3 is 2.12 bits per heavy atom. The van der Waals surface area contributed by atoms with Crippen LogP contribution in [0.5, 0.6) is 5.75 Å². The summed E-state index contributed by atoms with van der Waals surface area (Å²) in [4.78, 5) is 10.1. The number of hydrogen-bond acceptors (Lipinski definition) is 5. The number of phenols is 1. The second-order valence-electron chi connectivity index (χ2n) is 14.4. The second kappa shape index (κ2) is 13.5. The van der Waals surface area contributed by atoms with Gasteiger partial charge in [-0.3, -0.25) is 4.98 Å². The Morgan fingerprint density at radius 2 is 1.46 bits per heavy atom. The van der Waals surface area contributed by atoms with Crippen molar-refractivity contribution >= 4 is 23.8 Å². The largest absolute Gasteiger partial charge is 0.510 e. The number of phenolic OH excluding ortho intramolecular Hbond substituents is 1. The van der Waals surface area contributed by atoms with Crippen LogP contribution in [0.1, 0.15) is 37.4 Å². The van der Waals surface area contributed by atoms with E-state index in [1.54, 1.807) is 18.9 Å². The van der Waals surface area contributed by atoms with Crippen molar-refractivity contribution in [3.8, 4) is 39.4 Å². The molecule has 0 amide bonds. The fourth-order valence-electron chi connectivity index (χ4n) is 7.84. The molecule has 4 heterocycles. The zero-order valence-electron chi connectivity index (χ0n) is 32.9. The third-order valence-electron chi connectivity index (χ3n) is 11.2. The number of nitrogens with zero attached hydrogens (tertiary/aromatic N) is 5. The number of allylic oxidation sites excluding steroid dienone is 1. The summed E-state index contributed by atoms with van der Waals surface area (Å²) in [6.45, 7) is 7.74. The molecule has 0 saturated heterocycles. The van der Waals surface area contributed by atoms with Crippen LogP contribution in [-0.2, 0) is 25.5 Å². The summed E-state index contributed by atoms with van der Waals surface area (Å²) in [6, 6.07) is 42.9. The summed E-state index contributed by atoms with van der Waals surface area (Å²) in [6.07, 6.45) is 5.64. The van der Waals surface area contributed by atoms with Crippen molar-refractivity contribution in [1.82, 2.24) is 14.4 Å². The van der Waals surface area contributed by atoms with Gasteiger partial charge >= 0.3 is 6.98 Å². The first-order valence-electron chi connectivity index (χ1n) is 18.8. The average molecular weight is 863 g/mol. The summed E-state index contributed by atoms with van der Waals surface area (Å²) in [7, 11) is 2.16. The molecule has 0 saturated carbocycles. The number of hydrogen-bond donors (Lipinski definition) is 1. The van der Waals surface area contributed by atoms with Crippen LogP contribution >= 0.6 is 0 Å². The van der Waals surface area contributed by atoms with E-state index in [-0.39, 0.29) is 43.7 Å². The number of para-hydroxylation sites is 1. The Hall–Kier alpha value is -5.04. The molecule has 0 spiro atoms. The van der Waals surface area contributed by atoms with Crippen LogP contribution in [0.15, 0.2) is 140 Å². The Bertz CT molecular complexity index is 2320. The van der Waals surface area contributed by atoms with Gasteiger partial charge in [0.25, 0.3) is 0 Å². The van der Waals surface area contributed by atoms with Crippen molar-refractivity contribution in [3.63, 3.8) is 0 Å². The van der Waals surface area contributed by atoms with Gasteiger partial charge in [0.1, 0.15) is 5.75 Å². The van der Waals surface area contributed by atoms with Gasteiger partial charge in [0.2, 0.25) is 0 Å². The maximum Gasteiger partial charge on any atom is 0.400 e. The van der Waals surface area contributed by atoms with Crippen molar-refractivity contribution in [3.05, 3.63) is 158 Å². The first kappa shape index (κ1) is 31.7. The number of imidazole rings is 1. The Labute approximate surface area is 325 Å². The molecular formula is C44H42BIrN5O-2. The molecular weight excluding hydrogens is 818 g/mol. The molecule has 263 valence electrons. The van der Waals surface area contributed by atoms with E-state index < -0.39 is 6.98 Å². The van der Waals surface area contributed by atoms with E-state index in [1.165, 1.54) is 32.6 Å². The molecule has 0 unspecified atom stereocenters. The summed E-state index contributed by atoms with van der Waals surface area (Å²) in [5.74, 6) is 1.11. The third-order valence-corrected chi connectivity index (χ3v) is 11.2. The molecule has 0 atom stereocenters. The number of aromatic hydroxyl groups is 1. The van der Waals surface area contributed by atoms with Gasteiger partial charge in [-0.15, -0.1) is 24.3 Å². The molecule has 6 aromatic rings. The monoisotopic (exact) mass is 863 g/mol. The molecule has 1 radical (unpaired) electrons. The van der Waals surface area contributed by atoms with E-state index >= 15 is 0 Å². The van der Waals surface area contributed by atoms with E-state index in [0.29, 0.717) is 5.69 Å². The van der Waals surface area contributed by atoms with Gasteiger partial charge < -0.3 is 24.2 Å². The number of anilines is 2. The first-order chi connectivity index (χ1) is 25.8. The van der Waals surface area contributed by atoms with Crippen LogP contribution in [0.25, 0.3) is 33.6 Å². The van der Waals surface area contributed by atoms with E-state index in [4.69, 9.17) is 9.10 Å². The van der Waals surface area contributed by atoms with Crippen LogP contribution in [-0.4, -0.2) is 40.5 Å². The molecule has 6 nitrogen and oxygen atoms in total. The van der Waals surface area contributed by atoms with E-state index in [9.17, 15) is 5.11 Å². The fraction of sp³-hybridized carbons (Fsp3) is 0.182. The minimum absolute atomic E-state index is 0. The van der Waals surface area contributed by atoms with Crippen molar-refractivity contribution in [1.29, 1.82) is 0 Å². The van der Waals surface area contributed by atoms with Crippen molar-refractivity contribution in [2.75, 3.05) is 23.7 Å². The molecule has 3 aliphatic heterocycles. The molecule has 0 bridgehead atoms. The van der Waals surface area contributed by atoms with E-state index in [2.05, 4.69) is 141 Å². The molecule has 8 heteroatoms. The predicted octanol–water partition coefficient (Wildman–Crippen LogP) is 8.80. The zero-order valence-corrected chi connectivity index (χ0v) is 32.3. The first-order valence-corrected chi connectivity index (χ1v) is 17.3. The van der Waals surface area contributed by atoms with Crippen LogP contribution < -0.4 is 15.2 Å². The van der Waals surface area contributed by atoms with E-state index in [1.807, 2.05) is 35.4 Å².